The third-order valence-electron chi connectivity index (χ3n) is 6.33. The second kappa shape index (κ2) is 12.0. The van der Waals surface area contributed by atoms with E-state index < -0.39 is 0 Å². The number of halogens is 1. The Morgan fingerprint density at radius 1 is 0.853 bits per heavy atom. The normalized spacial score (nSPS) is 15.8. The lowest BCUT2D eigenvalue weighted by Gasteiger charge is -2.36. The molecular weight excluding hydrogens is 458 g/mol. The predicted molar refractivity (Wildman–Crippen MR) is 134 cm³/mol. The molecule has 1 fully saturated rings. The second-order valence-electron chi connectivity index (χ2n) is 8.25. The number of carbonyl (C=O) groups excluding carboxylic acids is 1. The third kappa shape index (κ3) is 5.62. The maximum absolute atomic E-state index is 12.9. The smallest absolute Gasteiger partial charge is 0.260 e. The highest BCUT2D eigenvalue weighted by atomic mass is 35.5. The van der Waals surface area contributed by atoms with E-state index in [1.807, 2.05) is 12.1 Å². The van der Waals surface area contributed by atoms with Gasteiger partial charge in [-0.3, -0.25) is 9.69 Å². The lowest BCUT2D eigenvalue weighted by molar-refractivity contribution is 0.0513. The molecule has 2 aromatic rings. The number of fused-ring (bicyclic) bond motifs is 1. The fourth-order valence-corrected chi connectivity index (χ4v) is 4.43. The largest absolute Gasteiger partial charge is 0.495 e. The van der Waals surface area contributed by atoms with Crippen molar-refractivity contribution >= 4 is 24.0 Å². The number of nitrogens with zero attached hydrogens (tertiary/aromatic N) is 3. The molecule has 34 heavy (non-hydrogen) atoms. The van der Waals surface area contributed by atoms with Crippen LogP contribution in [0.4, 0.5) is 5.69 Å². The van der Waals surface area contributed by atoms with Gasteiger partial charge in [0.2, 0.25) is 0 Å². The number of amides is 1. The van der Waals surface area contributed by atoms with E-state index in [2.05, 4.69) is 21.9 Å². The summed E-state index contributed by atoms with van der Waals surface area (Å²) in [6, 6.07) is 11.6. The SMILES string of the molecule is COc1cc2c(cc1OC)C(=O)N(CCCCN1CCN(c3ccccc3OC)CC1)CO2.Cl. The molecule has 0 aromatic heterocycles. The number of rotatable bonds is 9. The number of hydrogen-bond donors (Lipinski definition) is 0. The van der Waals surface area contributed by atoms with Crippen molar-refractivity contribution in [1.82, 2.24) is 9.80 Å². The monoisotopic (exact) mass is 491 g/mol. The number of methoxy groups -OCH3 is 3. The molecule has 186 valence electrons. The van der Waals surface area contributed by atoms with Gasteiger partial charge in [-0.2, -0.15) is 0 Å². The molecule has 0 spiro atoms. The zero-order chi connectivity index (χ0) is 23.2. The Morgan fingerprint density at radius 2 is 1.50 bits per heavy atom. The Labute approximate surface area is 207 Å². The van der Waals surface area contributed by atoms with E-state index in [0.29, 0.717) is 29.4 Å². The molecule has 2 aliphatic rings. The topological polar surface area (TPSA) is 63.7 Å². The fraction of sp³-hybridized carbons (Fsp3) is 0.480. The first-order valence-electron chi connectivity index (χ1n) is 11.4. The molecule has 0 unspecified atom stereocenters. The van der Waals surface area contributed by atoms with Crippen LogP contribution < -0.4 is 23.8 Å². The first-order chi connectivity index (χ1) is 16.1. The minimum Gasteiger partial charge on any atom is -0.495 e. The zero-order valence-corrected chi connectivity index (χ0v) is 20.9. The van der Waals surface area contributed by atoms with Crippen LogP contribution in [0.15, 0.2) is 36.4 Å². The van der Waals surface area contributed by atoms with Gasteiger partial charge < -0.3 is 28.7 Å². The summed E-state index contributed by atoms with van der Waals surface area (Å²) in [5.41, 5.74) is 1.68. The summed E-state index contributed by atoms with van der Waals surface area (Å²) >= 11 is 0. The molecule has 0 atom stereocenters. The highest BCUT2D eigenvalue weighted by molar-refractivity contribution is 5.98. The number of carbonyl (C=O) groups is 1. The highest BCUT2D eigenvalue weighted by Crippen LogP contribution is 2.37. The van der Waals surface area contributed by atoms with Crippen LogP contribution in [0.25, 0.3) is 0 Å². The molecular formula is C25H34ClN3O5. The van der Waals surface area contributed by atoms with Crippen LogP contribution in [0.1, 0.15) is 23.2 Å². The first-order valence-corrected chi connectivity index (χ1v) is 11.4. The number of benzene rings is 2. The summed E-state index contributed by atoms with van der Waals surface area (Å²) < 4.78 is 22.0. The van der Waals surface area contributed by atoms with Gasteiger partial charge in [-0.1, -0.05) is 12.1 Å². The Kier molecular flexibility index (Phi) is 9.12. The van der Waals surface area contributed by atoms with Crippen LogP contribution in [0, 0.1) is 0 Å². The minimum absolute atomic E-state index is 0. The number of anilines is 1. The van der Waals surface area contributed by atoms with Crippen LogP contribution in [-0.4, -0.2) is 83.0 Å². The molecule has 0 radical (unpaired) electrons. The van der Waals surface area contributed by atoms with E-state index >= 15 is 0 Å². The second-order valence-corrected chi connectivity index (χ2v) is 8.25. The van der Waals surface area contributed by atoms with Gasteiger partial charge in [0.15, 0.2) is 18.2 Å². The van der Waals surface area contributed by atoms with Crippen LogP contribution in [0.5, 0.6) is 23.0 Å². The molecule has 4 rings (SSSR count). The average molecular weight is 492 g/mol. The molecule has 0 aliphatic carbocycles. The lowest BCUT2D eigenvalue weighted by atomic mass is 10.1. The summed E-state index contributed by atoms with van der Waals surface area (Å²) in [4.78, 5) is 19.6. The van der Waals surface area contributed by atoms with Gasteiger partial charge in [0.05, 0.1) is 32.6 Å². The summed E-state index contributed by atoms with van der Waals surface area (Å²) in [5.74, 6) is 2.53. The van der Waals surface area contributed by atoms with Crippen molar-refractivity contribution in [1.29, 1.82) is 0 Å². The van der Waals surface area contributed by atoms with E-state index in [0.717, 1.165) is 57.0 Å². The Bertz CT molecular complexity index is 966. The van der Waals surface area contributed by atoms with Gasteiger partial charge in [-0.05, 0) is 31.5 Å². The summed E-state index contributed by atoms with van der Waals surface area (Å²) in [5, 5.41) is 0. The summed E-state index contributed by atoms with van der Waals surface area (Å²) in [6.45, 7) is 6.00. The van der Waals surface area contributed by atoms with E-state index in [1.54, 1.807) is 38.4 Å². The van der Waals surface area contributed by atoms with Crippen molar-refractivity contribution in [2.75, 3.05) is 72.2 Å². The number of unbranched alkanes of at least 4 members (excludes halogenated alkanes) is 1. The minimum atomic E-state index is -0.0253. The van der Waals surface area contributed by atoms with E-state index in [-0.39, 0.29) is 25.0 Å². The summed E-state index contributed by atoms with van der Waals surface area (Å²) in [7, 11) is 4.85. The zero-order valence-electron chi connectivity index (χ0n) is 20.1. The molecule has 9 heteroatoms. The summed E-state index contributed by atoms with van der Waals surface area (Å²) in [6.07, 6.45) is 1.97. The van der Waals surface area contributed by atoms with Gasteiger partial charge in [-0.25, -0.2) is 0 Å². The van der Waals surface area contributed by atoms with Gasteiger partial charge in [-0.15, -0.1) is 12.4 Å². The van der Waals surface area contributed by atoms with Crippen molar-refractivity contribution in [3.8, 4) is 23.0 Å². The Balaban J connectivity index is 0.00000324. The average Bonchev–Trinajstić information content (AvgIpc) is 2.87. The van der Waals surface area contributed by atoms with Gasteiger partial charge in [0.25, 0.3) is 5.91 Å². The number of hydrogen-bond acceptors (Lipinski definition) is 7. The molecule has 1 saturated heterocycles. The standard InChI is InChI=1S/C25H33N3O5.ClH/c1-30-21-9-5-4-8-20(21)27-14-12-26(13-15-27)10-6-7-11-28-18-33-22-17-24(32-3)23(31-2)16-19(22)25(28)29;/h4-5,8-9,16-17H,6-7,10-15,18H2,1-3H3;1H. The van der Waals surface area contributed by atoms with Crippen molar-refractivity contribution in [3.05, 3.63) is 42.0 Å². The molecule has 0 bridgehead atoms. The Morgan fingerprint density at radius 3 is 2.21 bits per heavy atom. The lowest BCUT2D eigenvalue weighted by Crippen LogP contribution is -2.46. The predicted octanol–water partition coefficient (Wildman–Crippen LogP) is 3.53. The molecule has 8 nitrogen and oxygen atoms in total. The molecule has 2 heterocycles. The first kappa shape index (κ1) is 25.8. The van der Waals surface area contributed by atoms with Gasteiger partial charge in [0, 0.05) is 44.9 Å². The third-order valence-corrected chi connectivity index (χ3v) is 6.33. The quantitative estimate of drug-likeness (QED) is 0.497. The number of ether oxygens (including phenoxy) is 4. The van der Waals surface area contributed by atoms with Crippen LogP contribution in [0.3, 0.4) is 0 Å². The van der Waals surface area contributed by atoms with E-state index in [9.17, 15) is 4.79 Å². The molecule has 2 aromatic carbocycles. The van der Waals surface area contributed by atoms with Crippen molar-refractivity contribution in [2.24, 2.45) is 0 Å². The molecule has 1 amide bonds. The van der Waals surface area contributed by atoms with Crippen LogP contribution in [-0.2, 0) is 0 Å². The van der Waals surface area contributed by atoms with E-state index in [4.69, 9.17) is 18.9 Å². The van der Waals surface area contributed by atoms with Gasteiger partial charge in [0.1, 0.15) is 11.5 Å². The molecule has 0 N–H and O–H groups in total. The van der Waals surface area contributed by atoms with E-state index in [1.165, 1.54) is 0 Å². The number of piperazine rings is 1. The maximum atomic E-state index is 12.9. The Hall–Kier alpha value is -2.84. The molecule has 2 aliphatic heterocycles. The maximum Gasteiger partial charge on any atom is 0.260 e. The van der Waals surface area contributed by atoms with Crippen LogP contribution >= 0.6 is 12.4 Å². The van der Waals surface area contributed by atoms with Crippen molar-refractivity contribution < 1.29 is 23.7 Å². The number of para-hydroxylation sites is 2. The van der Waals surface area contributed by atoms with Crippen molar-refractivity contribution in [3.63, 3.8) is 0 Å². The van der Waals surface area contributed by atoms with Crippen molar-refractivity contribution in [2.45, 2.75) is 12.8 Å². The highest BCUT2D eigenvalue weighted by Gasteiger charge is 2.27. The fourth-order valence-electron chi connectivity index (χ4n) is 4.43. The van der Waals surface area contributed by atoms with Gasteiger partial charge >= 0.3 is 0 Å². The van der Waals surface area contributed by atoms with Crippen LogP contribution in [0.2, 0.25) is 0 Å². The molecule has 0 saturated carbocycles.